The van der Waals surface area contributed by atoms with Gasteiger partial charge in [0, 0.05) is 17.0 Å². The Kier molecular flexibility index (Phi) is 7.47. The summed E-state index contributed by atoms with van der Waals surface area (Å²) in [6.07, 6.45) is 1.81. The lowest BCUT2D eigenvalue weighted by molar-refractivity contribution is -0.122. The number of carbonyl (C=O) groups excluding carboxylic acids is 2. The van der Waals surface area contributed by atoms with E-state index in [0.717, 1.165) is 17.7 Å². The molecule has 2 aromatic rings. The molecular formula is C19H24N2O3S. The van der Waals surface area contributed by atoms with E-state index in [4.69, 9.17) is 4.74 Å². The van der Waals surface area contributed by atoms with Crippen molar-refractivity contribution in [3.05, 3.63) is 52.2 Å². The highest BCUT2D eigenvalue weighted by Crippen LogP contribution is 2.15. The Morgan fingerprint density at radius 3 is 2.76 bits per heavy atom. The molecule has 0 saturated heterocycles. The number of benzene rings is 1. The molecule has 0 saturated carbocycles. The van der Waals surface area contributed by atoms with Gasteiger partial charge in [-0.3, -0.25) is 9.59 Å². The highest BCUT2D eigenvalue weighted by Gasteiger charge is 2.19. The second kappa shape index (κ2) is 9.84. The molecule has 1 aromatic carbocycles. The number of nitrogens with zero attached hydrogens (tertiary/aromatic N) is 1. The molecule has 1 heterocycles. The summed E-state index contributed by atoms with van der Waals surface area (Å²) in [6.45, 7) is 3.16. The van der Waals surface area contributed by atoms with Crippen LogP contribution in [0.5, 0.6) is 5.75 Å². The van der Waals surface area contributed by atoms with E-state index in [-0.39, 0.29) is 18.4 Å². The van der Waals surface area contributed by atoms with E-state index < -0.39 is 0 Å². The molecule has 2 rings (SSSR count). The largest absolute Gasteiger partial charge is 0.497 e. The summed E-state index contributed by atoms with van der Waals surface area (Å²) in [5, 5.41) is 4.85. The number of unbranched alkanes of at least 4 members (excludes halogenated alkanes) is 1. The van der Waals surface area contributed by atoms with Crippen LogP contribution in [-0.4, -0.2) is 36.9 Å². The van der Waals surface area contributed by atoms with Crippen molar-refractivity contribution in [1.29, 1.82) is 0 Å². The fourth-order valence-electron chi connectivity index (χ4n) is 2.37. The van der Waals surface area contributed by atoms with E-state index in [1.54, 1.807) is 47.6 Å². The van der Waals surface area contributed by atoms with Crippen molar-refractivity contribution in [1.82, 2.24) is 10.2 Å². The van der Waals surface area contributed by atoms with E-state index in [0.29, 0.717) is 24.4 Å². The van der Waals surface area contributed by atoms with Crippen LogP contribution in [0.4, 0.5) is 0 Å². The maximum atomic E-state index is 12.8. The number of thiophene rings is 1. The SMILES string of the molecule is CCCCN(CC(=O)NCc1cccs1)C(=O)c1cccc(OC)c1. The van der Waals surface area contributed by atoms with Crippen LogP contribution in [0.1, 0.15) is 35.0 Å². The van der Waals surface area contributed by atoms with E-state index >= 15 is 0 Å². The molecular weight excluding hydrogens is 336 g/mol. The Balaban J connectivity index is 2.00. The van der Waals surface area contributed by atoms with Gasteiger partial charge in [-0.05, 0) is 36.1 Å². The van der Waals surface area contributed by atoms with E-state index in [2.05, 4.69) is 12.2 Å². The van der Waals surface area contributed by atoms with Gasteiger partial charge in [-0.2, -0.15) is 0 Å². The fourth-order valence-corrected chi connectivity index (χ4v) is 3.01. The van der Waals surface area contributed by atoms with Crippen molar-refractivity contribution >= 4 is 23.2 Å². The molecule has 0 spiro atoms. The quantitative estimate of drug-likeness (QED) is 0.746. The van der Waals surface area contributed by atoms with Gasteiger partial charge in [-0.1, -0.05) is 25.5 Å². The predicted molar refractivity (Wildman–Crippen MR) is 100.0 cm³/mol. The van der Waals surface area contributed by atoms with Crippen LogP contribution >= 0.6 is 11.3 Å². The molecule has 1 N–H and O–H groups in total. The van der Waals surface area contributed by atoms with Crippen molar-refractivity contribution in [3.8, 4) is 5.75 Å². The molecule has 0 atom stereocenters. The first-order valence-electron chi connectivity index (χ1n) is 8.36. The maximum absolute atomic E-state index is 12.8. The number of hydrogen-bond donors (Lipinski definition) is 1. The molecule has 0 aliphatic carbocycles. The topological polar surface area (TPSA) is 58.6 Å². The van der Waals surface area contributed by atoms with Gasteiger partial charge in [-0.15, -0.1) is 11.3 Å². The number of methoxy groups -OCH3 is 1. The van der Waals surface area contributed by atoms with Gasteiger partial charge in [0.1, 0.15) is 5.75 Å². The first-order chi connectivity index (χ1) is 12.1. The van der Waals surface area contributed by atoms with Gasteiger partial charge in [-0.25, -0.2) is 0 Å². The van der Waals surface area contributed by atoms with Crippen molar-refractivity contribution in [3.63, 3.8) is 0 Å². The predicted octanol–water partition coefficient (Wildman–Crippen LogP) is 3.32. The third kappa shape index (κ3) is 5.90. The van der Waals surface area contributed by atoms with Gasteiger partial charge in [0.2, 0.25) is 5.91 Å². The smallest absolute Gasteiger partial charge is 0.254 e. The minimum absolute atomic E-state index is 0.0570. The van der Waals surface area contributed by atoms with Crippen LogP contribution in [0.3, 0.4) is 0 Å². The Hall–Kier alpha value is -2.34. The van der Waals surface area contributed by atoms with Crippen molar-refractivity contribution in [2.75, 3.05) is 20.2 Å². The van der Waals surface area contributed by atoms with Crippen LogP contribution in [0, 0.1) is 0 Å². The van der Waals surface area contributed by atoms with Gasteiger partial charge >= 0.3 is 0 Å². The lowest BCUT2D eigenvalue weighted by Crippen LogP contribution is -2.41. The number of rotatable bonds is 9. The molecule has 0 unspecified atom stereocenters. The Labute approximate surface area is 152 Å². The van der Waals surface area contributed by atoms with Gasteiger partial charge < -0.3 is 15.0 Å². The van der Waals surface area contributed by atoms with E-state index in [1.165, 1.54) is 0 Å². The Morgan fingerprint density at radius 2 is 2.08 bits per heavy atom. The maximum Gasteiger partial charge on any atom is 0.254 e. The van der Waals surface area contributed by atoms with E-state index in [1.807, 2.05) is 17.5 Å². The van der Waals surface area contributed by atoms with Crippen LogP contribution in [0.15, 0.2) is 41.8 Å². The standard InChI is InChI=1S/C19H24N2O3S/c1-3-4-10-21(14-18(22)20-13-17-9-6-11-25-17)19(23)15-7-5-8-16(12-15)24-2/h5-9,11-12H,3-4,10,13-14H2,1-2H3,(H,20,22). The average molecular weight is 360 g/mol. The van der Waals surface area contributed by atoms with Crippen LogP contribution in [-0.2, 0) is 11.3 Å². The van der Waals surface area contributed by atoms with Crippen LogP contribution < -0.4 is 10.1 Å². The number of hydrogen-bond acceptors (Lipinski definition) is 4. The zero-order valence-corrected chi connectivity index (χ0v) is 15.5. The second-order valence-corrected chi connectivity index (χ2v) is 6.70. The lowest BCUT2D eigenvalue weighted by atomic mass is 10.1. The summed E-state index contributed by atoms with van der Waals surface area (Å²) in [6, 6.07) is 10.9. The average Bonchev–Trinajstić information content (AvgIpc) is 3.16. The zero-order chi connectivity index (χ0) is 18.1. The van der Waals surface area contributed by atoms with Crippen LogP contribution in [0.25, 0.3) is 0 Å². The summed E-state index contributed by atoms with van der Waals surface area (Å²) < 4.78 is 5.18. The first-order valence-corrected chi connectivity index (χ1v) is 9.24. The van der Waals surface area contributed by atoms with Crippen molar-refractivity contribution < 1.29 is 14.3 Å². The molecule has 134 valence electrons. The highest BCUT2D eigenvalue weighted by molar-refractivity contribution is 7.09. The Morgan fingerprint density at radius 1 is 1.24 bits per heavy atom. The van der Waals surface area contributed by atoms with E-state index in [9.17, 15) is 9.59 Å². The third-order valence-electron chi connectivity index (χ3n) is 3.76. The molecule has 2 amide bonds. The monoisotopic (exact) mass is 360 g/mol. The summed E-state index contributed by atoms with van der Waals surface area (Å²) in [4.78, 5) is 27.7. The zero-order valence-electron chi connectivity index (χ0n) is 14.7. The molecule has 1 aromatic heterocycles. The minimum Gasteiger partial charge on any atom is -0.497 e. The molecule has 6 heteroatoms. The summed E-state index contributed by atoms with van der Waals surface area (Å²) in [5.74, 6) is 0.322. The van der Waals surface area contributed by atoms with Gasteiger partial charge in [0.05, 0.1) is 20.2 Å². The van der Waals surface area contributed by atoms with Gasteiger partial charge in [0.15, 0.2) is 0 Å². The lowest BCUT2D eigenvalue weighted by Gasteiger charge is -2.22. The number of carbonyl (C=O) groups is 2. The van der Waals surface area contributed by atoms with Gasteiger partial charge in [0.25, 0.3) is 5.91 Å². The number of ether oxygens (including phenoxy) is 1. The summed E-state index contributed by atoms with van der Waals surface area (Å²) in [7, 11) is 1.57. The van der Waals surface area contributed by atoms with Crippen molar-refractivity contribution in [2.24, 2.45) is 0 Å². The molecule has 0 aliphatic heterocycles. The molecule has 5 nitrogen and oxygen atoms in total. The van der Waals surface area contributed by atoms with Crippen LogP contribution in [0.2, 0.25) is 0 Å². The number of amides is 2. The third-order valence-corrected chi connectivity index (χ3v) is 4.64. The molecule has 0 radical (unpaired) electrons. The second-order valence-electron chi connectivity index (χ2n) is 5.67. The fraction of sp³-hybridized carbons (Fsp3) is 0.368. The first kappa shape index (κ1) is 19.0. The number of nitrogens with one attached hydrogen (secondary N) is 1. The summed E-state index contributed by atoms with van der Waals surface area (Å²) in [5.41, 5.74) is 0.529. The summed E-state index contributed by atoms with van der Waals surface area (Å²) >= 11 is 1.60. The minimum atomic E-state index is -0.154. The normalized spacial score (nSPS) is 10.3. The molecule has 0 bridgehead atoms. The van der Waals surface area contributed by atoms with Crippen molar-refractivity contribution in [2.45, 2.75) is 26.3 Å². The molecule has 0 aliphatic rings. The Bertz CT molecular complexity index is 686. The molecule has 0 fully saturated rings. The molecule has 25 heavy (non-hydrogen) atoms. The highest BCUT2D eigenvalue weighted by atomic mass is 32.1.